The van der Waals surface area contributed by atoms with Gasteiger partial charge in [-0.15, -0.1) is 0 Å². The summed E-state index contributed by atoms with van der Waals surface area (Å²) >= 11 is 0. The molecule has 1 aliphatic rings. The quantitative estimate of drug-likeness (QED) is 0.781. The SMILES string of the molecule is C[C@@H](c1ccccc1)N1C(=O)[C@H](NC(N)=O)Cc2cc(F)c(C(F)(F)F)cc21. The molecule has 3 rings (SSSR count). The van der Waals surface area contributed by atoms with Crippen molar-refractivity contribution in [2.45, 2.75) is 31.6 Å². The van der Waals surface area contributed by atoms with Crippen molar-refractivity contribution in [3.63, 3.8) is 0 Å². The summed E-state index contributed by atoms with van der Waals surface area (Å²) in [6.07, 6.45) is -5.07. The van der Waals surface area contributed by atoms with Crippen molar-refractivity contribution in [3.05, 3.63) is 65.0 Å². The largest absolute Gasteiger partial charge is 0.419 e. The highest BCUT2D eigenvalue weighted by Gasteiger charge is 2.41. The third-order valence-electron chi connectivity index (χ3n) is 4.68. The summed E-state index contributed by atoms with van der Waals surface area (Å²) in [6, 6.07) is 7.33. The number of rotatable bonds is 3. The van der Waals surface area contributed by atoms with Crippen molar-refractivity contribution in [2.75, 3.05) is 4.90 Å². The number of nitrogens with zero attached hydrogens (tertiary/aromatic N) is 1. The molecule has 0 aromatic heterocycles. The van der Waals surface area contributed by atoms with Crippen LogP contribution >= 0.6 is 0 Å². The van der Waals surface area contributed by atoms with Crippen LogP contribution in [0.1, 0.15) is 29.7 Å². The maximum Gasteiger partial charge on any atom is 0.419 e. The number of urea groups is 1. The van der Waals surface area contributed by atoms with Gasteiger partial charge in [0.05, 0.1) is 11.6 Å². The molecule has 2 aromatic rings. The molecule has 0 aliphatic carbocycles. The van der Waals surface area contributed by atoms with Gasteiger partial charge in [0.2, 0.25) is 0 Å². The van der Waals surface area contributed by atoms with E-state index >= 15 is 0 Å². The van der Waals surface area contributed by atoms with Gasteiger partial charge < -0.3 is 16.0 Å². The fourth-order valence-corrected chi connectivity index (χ4v) is 3.37. The fraction of sp³-hybridized carbons (Fsp3) is 0.263. The molecule has 0 fully saturated rings. The topological polar surface area (TPSA) is 75.4 Å². The molecule has 28 heavy (non-hydrogen) atoms. The van der Waals surface area contributed by atoms with Gasteiger partial charge in [0.15, 0.2) is 0 Å². The lowest BCUT2D eigenvalue weighted by atomic mass is 9.92. The Kier molecular flexibility index (Phi) is 5.01. The number of carbonyl (C=O) groups excluding carboxylic acids is 2. The minimum atomic E-state index is -4.91. The van der Waals surface area contributed by atoms with Crippen LogP contribution < -0.4 is 16.0 Å². The molecule has 148 valence electrons. The van der Waals surface area contributed by atoms with Crippen molar-refractivity contribution in [3.8, 4) is 0 Å². The highest BCUT2D eigenvalue weighted by Crippen LogP contribution is 2.40. The molecule has 9 heteroatoms. The Morgan fingerprint density at radius 1 is 1.25 bits per heavy atom. The van der Waals surface area contributed by atoms with E-state index in [0.29, 0.717) is 11.6 Å². The minimum Gasteiger partial charge on any atom is -0.352 e. The van der Waals surface area contributed by atoms with Gasteiger partial charge in [0.1, 0.15) is 11.9 Å². The summed E-state index contributed by atoms with van der Waals surface area (Å²) in [4.78, 5) is 25.3. The molecule has 0 spiro atoms. The van der Waals surface area contributed by atoms with Gasteiger partial charge in [-0.3, -0.25) is 4.79 Å². The zero-order valence-corrected chi connectivity index (χ0v) is 14.8. The van der Waals surface area contributed by atoms with E-state index in [2.05, 4.69) is 5.32 Å². The smallest absolute Gasteiger partial charge is 0.352 e. The Bertz CT molecular complexity index is 915. The van der Waals surface area contributed by atoms with Gasteiger partial charge in [0, 0.05) is 12.1 Å². The van der Waals surface area contributed by atoms with Crippen LogP contribution in [0.2, 0.25) is 0 Å². The number of hydrogen-bond acceptors (Lipinski definition) is 2. The molecule has 2 aromatic carbocycles. The number of hydrogen-bond donors (Lipinski definition) is 2. The maximum absolute atomic E-state index is 14.1. The van der Waals surface area contributed by atoms with Crippen molar-refractivity contribution >= 4 is 17.6 Å². The van der Waals surface area contributed by atoms with Crippen LogP contribution in [0, 0.1) is 5.82 Å². The van der Waals surface area contributed by atoms with Crippen molar-refractivity contribution in [1.29, 1.82) is 0 Å². The van der Waals surface area contributed by atoms with E-state index in [9.17, 15) is 27.2 Å². The molecule has 0 bridgehead atoms. The van der Waals surface area contributed by atoms with Crippen LogP contribution in [-0.2, 0) is 17.4 Å². The monoisotopic (exact) mass is 395 g/mol. The van der Waals surface area contributed by atoms with Crippen LogP contribution in [0.15, 0.2) is 42.5 Å². The predicted octanol–water partition coefficient (Wildman–Crippen LogP) is 3.53. The van der Waals surface area contributed by atoms with Gasteiger partial charge in [0.25, 0.3) is 5.91 Å². The van der Waals surface area contributed by atoms with E-state index in [0.717, 1.165) is 11.0 Å². The Balaban J connectivity index is 2.15. The average molecular weight is 395 g/mol. The maximum atomic E-state index is 14.1. The Hall–Kier alpha value is -3.10. The van der Waals surface area contributed by atoms with Crippen LogP contribution in [0.3, 0.4) is 0 Å². The second kappa shape index (κ2) is 7.14. The van der Waals surface area contributed by atoms with Gasteiger partial charge in [-0.05, 0) is 30.2 Å². The van der Waals surface area contributed by atoms with Gasteiger partial charge >= 0.3 is 12.2 Å². The Labute approximate surface area is 158 Å². The lowest BCUT2D eigenvalue weighted by Crippen LogP contribution is -2.54. The molecular formula is C19H17F4N3O2. The van der Waals surface area contributed by atoms with Crippen molar-refractivity contribution in [1.82, 2.24) is 5.32 Å². The molecule has 0 saturated carbocycles. The number of alkyl halides is 3. The van der Waals surface area contributed by atoms with Gasteiger partial charge in [-0.25, -0.2) is 9.18 Å². The first-order valence-electron chi connectivity index (χ1n) is 8.43. The lowest BCUT2D eigenvalue weighted by molar-refractivity contribution is -0.140. The second-order valence-corrected chi connectivity index (χ2v) is 6.52. The van der Waals surface area contributed by atoms with Crippen molar-refractivity contribution in [2.24, 2.45) is 5.73 Å². The highest BCUT2D eigenvalue weighted by atomic mass is 19.4. The second-order valence-electron chi connectivity index (χ2n) is 6.52. The molecule has 1 heterocycles. The summed E-state index contributed by atoms with van der Waals surface area (Å²) in [5.74, 6) is -2.06. The first-order chi connectivity index (χ1) is 13.1. The molecule has 3 amide bonds. The number of nitrogens with one attached hydrogen (secondary N) is 1. The Morgan fingerprint density at radius 3 is 2.46 bits per heavy atom. The zero-order valence-electron chi connectivity index (χ0n) is 14.8. The van der Waals surface area contributed by atoms with Crippen LogP contribution in [0.4, 0.5) is 28.0 Å². The number of halogens is 4. The molecule has 3 N–H and O–H groups in total. The number of fused-ring (bicyclic) bond motifs is 1. The first kappa shape index (κ1) is 19.7. The van der Waals surface area contributed by atoms with E-state index in [-0.39, 0.29) is 17.7 Å². The average Bonchev–Trinajstić information content (AvgIpc) is 2.61. The van der Waals surface area contributed by atoms with E-state index in [1.807, 2.05) is 0 Å². The molecule has 2 atom stereocenters. The summed E-state index contributed by atoms with van der Waals surface area (Å²) in [5, 5.41) is 2.28. The molecule has 5 nitrogen and oxygen atoms in total. The highest BCUT2D eigenvalue weighted by molar-refractivity contribution is 6.02. The standard InChI is InChI=1S/C19H17F4N3O2/c1-10(11-5-3-2-4-6-11)26-16-9-13(19(21,22)23)14(20)7-12(16)8-15(17(26)27)25-18(24)28/h2-7,9-10,15H,8H2,1H3,(H3,24,25,28)/t10-,15+/m0/s1. The fourth-order valence-electron chi connectivity index (χ4n) is 3.37. The van der Waals surface area contributed by atoms with Crippen LogP contribution in [-0.4, -0.2) is 18.0 Å². The zero-order chi connectivity index (χ0) is 20.6. The summed E-state index contributed by atoms with van der Waals surface area (Å²) in [7, 11) is 0. The third kappa shape index (κ3) is 3.64. The minimum absolute atomic E-state index is 0.0439. The van der Waals surface area contributed by atoms with Gasteiger partial charge in [-0.2, -0.15) is 13.2 Å². The number of nitrogens with two attached hydrogens (primary N) is 1. The Morgan fingerprint density at radius 2 is 1.89 bits per heavy atom. The molecule has 0 radical (unpaired) electrons. The first-order valence-corrected chi connectivity index (χ1v) is 8.43. The molecule has 0 unspecified atom stereocenters. The van der Waals surface area contributed by atoms with E-state index < -0.39 is 41.6 Å². The van der Waals surface area contributed by atoms with Crippen LogP contribution in [0.25, 0.3) is 0 Å². The number of primary amides is 1. The predicted molar refractivity (Wildman–Crippen MR) is 94.0 cm³/mol. The number of anilines is 1. The number of carbonyl (C=O) groups is 2. The summed E-state index contributed by atoms with van der Waals surface area (Å²) in [6.45, 7) is 1.64. The summed E-state index contributed by atoms with van der Waals surface area (Å²) in [5.41, 5.74) is 4.45. The lowest BCUT2D eigenvalue weighted by Gasteiger charge is -2.38. The normalized spacial score (nSPS) is 17.8. The molecule has 1 aliphatic heterocycles. The van der Waals surface area contributed by atoms with E-state index in [1.165, 1.54) is 0 Å². The van der Waals surface area contributed by atoms with Gasteiger partial charge in [-0.1, -0.05) is 30.3 Å². The van der Waals surface area contributed by atoms with Crippen molar-refractivity contribution < 1.29 is 27.2 Å². The third-order valence-corrected chi connectivity index (χ3v) is 4.68. The van der Waals surface area contributed by atoms with E-state index in [4.69, 9.17) is 5.73 Å². The van der Waals surface area contributed by atoms with E-state index in [1.54, 1.807) is 37.3 Å². The number of amides is 3. The molecule has 0 saturated heterocycles. The number of benzene rings is 2. The summed E-state index contributed by atoms with van der Waals surface area (Å²) < 4.78 is 53.7. The van der Waals surface area contributed by atoms with Crippen LogP contribution in [0.5, 0.6) is 0 Å². The molecular weight excluding hydrogens is 378 g/mol.